The van der Waals surface area contributed by atoms with Crippen LogP contribution >= 0.6 is 12.4 Å². The van der Waals surface area contributed by atoms with Crippen LogP contribution in [0.1, 0.15) is 35.8 Å². The van der Waals surface area contributed by atoms with Gasteiger partial charge >= 0.3 is 0 Å². The first-order chi connectivity index (χ1) is 18.7. The van der Waals surface area contributed by atoms with E-state index in [4.69, 9.17) is 5.73 Å². The van der Waals surface area contributed by atoms with Crippen molar-refractivity contribution in [3.05, 3.63) is 60.2 Å². The molecule has 0 spiro atoms. The highest BCUT2D eigenvalue weighted by molar-refractivity contribution is 7.89. The number of amides is 1. The van der Waals surface area contributed by atoms with E-state index in [0.29, 0.717) is 36.6 Å². The number of hydrogen-bond donors (Lipinski definition) is 2. The number of carbonyl (C=O) groups is 1. The predicted molar refractivity (Wildman–Crippen MR) is 157 cm³/mol. The number of anilines is 2. The van der Waals surface area contributed by atoms with Crippen LogP contribution in [-0.2, 0) is 16.6 Å². The summed E-state index contributed by atoms with van der Waals surface area (Å²) in [5, 5.41) is 2.89. The first-order valence-corrected chi connectivity index (χ1v) is 14.6. The van der Waals surface area contributed by atoms with Crippen LogP contribution < -0.4 is 11.1 Å². The molecule has 3 aromatic rings. The summed E-state index contributed by atoms with van der Waals surface area (Å²) < 4.78 is 28.0. The molecule has 0 aliphatic carbocycles. The van der Waals surface area contributed by atoms with Crippen LogP contribution in [-0.4, -0.2) is 89.2 Å². The molecule has 0 saturated carbocycles. The molecule has 13 heteroatoms. The lowest BCUT2D eigenvalue weighted by Gasteiger charge is -2.37. The SMILES string of the molecule is CC1CN(C)CCN1S(=O)(=O)c1ccc(-c2cnc(N)c(C(=O)Nc3cnccc3CN3CCCC3)n2)cc1.Cl. The Labute approximate surface area is 241 Å². The van der Waals surface area contributed by atoms with E-state index in [1.807, 2.05) is 20.0 Å². The molecular formula is C27H35ClN8O3S. The molecule has 5 rings (SSSR count). The molecule has 3 N–H and O–H groups in total. The third-order valence-electron chi connectivity index (χ3n) is 7.29. The molecule has 2 aromatic heterocycles. The maximum absolute atomic E-state index is 13.3. The molecule has 1 atom stereocenters. The number of pyridine rings is 1. The van der Waals surface area contributed by atoms with Crippen LogP contribution in [0.2, 0.25) is 0 Å². The van der Waals surface area contributed by atoms with Gasteiger partial charge in [-0.3, -0.25) is 14.7 Å². The summed E-state index contributed by atoms with van der Waals surface area (Å²) in [5.41, 5.74) is 8.63. The number of rotatable bonds is 7. The number of benzene rings is 1. The number of nitrogens with zero attached hydrogens (tertiary/aromatic N) is 6. The van der Waals surface area contributed by atoms with Crippen LogP contribution in [0.5, 0.6) is 0 Å². The lowest BCUT2D eigenvalue weighted by Crippen LogP contribution is -2.52. The molecule has 2 aliphatic rings. The molecule has 2 aliphatic heterocycles. The van der Waals surface area contributed by atoms with Gasteiger partial charge in [-0.15, -0.1) is 12.4 Å². The number of halogens is 1. The van der Waals surface area contributed by atoms with Crippen molar-refractivity contribution in [3.63, 3.8) is 0 Å². The number of nitrogen functional groups attached to an aromatic ring is 1. The number of piperazine rings is 1. The number of carbonyl (C=O) groups excluding carboxylic acids is 1. The number of nitrogens with two attached hydrogens (primary N) is 1. The fraction of sp³-hybridized carbons (Fsp3) is 0.407. The Morgan fingerprint density at radius 2 is 1.80 bits per heavy atom. The molecule has 0 radical (unpaired) electrons. The fourth-order valence-corrected chi connectivity index (χ4v) is 6.77. The first-order valence-electron chi connectivity index (χ1n) is 13.1. The van der Waals surface area contributed by atoms with Crippen molar-refractivity contribution in [1.29, 1.82) is 0 Å². The van der Waals surface area contributed by atoms with Crippen molar-refractivity contribution in [2.75, 3.05) is 50.8 Å². The first kappa shape index (κ1) is 29.8. The molecule has 2 saturated heterocycles. The summed E-state index contributed by atoms with van der Waals surface area (Å²) in [5.74, 6) is -0.481. The lowest BCUT2D eigenvalue weighted by molar-refractivity contribution is 0.102. The average molecular weight is 587 g/mol. The molecule has 11 nitrogen and oxygen atoms in total. The molecular weight excluding hydrogens is 552 g/mol. The maximum atomic E-state index is 13.3. The molecule has 40 heavy (non-hydrogen) atoms. The van der Waals surface area contributed by atoms with Crippen molar-refractivity contribution in [2.24, 2.45) is 0 Å². The lowest BCUT2D eigenvalue weighted by atomic mass is 10.1. The Hall–Kier alpha value is -3.16. The smallest absolute Gasteiger partial charge is 0.278 e. The minimum Gasteiger partial charge on any atom is -0.382 e. The Morgan fingerprint density at radius 1 is 1.07 bits per heavy atom. The third-order valence-corrected chi connectivity index (χ3v) is 9.32. The number of hydrogen-bond acceptors (Lipinski definition) is 9. The average Bonchev–Trinajstić information content (AvgIpc) is 3.43. The van der Waals surface area contributed by atoms with Gasteiger partial charge < -0.3 is 16.0 Å². The zero-order valence-corrected chi connectivity index (χ0v) is 24.3. The van der Waals surface area contributed by atoms with Gasteiger partial charge in [-0.05, 0) is 63.7 Å². The van der Waals surface area contributed by atoms with E-state index in [1.54, 1.807) is 41.0 Å². The van der Waals surface area contributed by atoms with Crippen LogP contribution in [0.4, 0.5) is 11.5 Å². The summed E-state index contributed by atoms with van der Waals surface area (Å²) in [4.78, 5) is 30.7. The standard InChI is InChI=1S/C27H34N8O3S.ClH/c1-19-17-33(2)13-14-35(19)39(37,38)22-7-5-20(6-8-22)24-16-30-26(28)25(31-24)27(36)32-23-15-29-10-9-21(23)18-34-11-3-4-12-34;/h5-10,15-16,19H,3-4,11-14,17-18H2,1-2H3,(H2,28,30)(H,32,36);1H. The molecule has 214 valence electrons. The maximum Gasteiger partial charge on any atom is 0.278 e. The van der Waals surface area contributed by atoms with Crippen LogP contribution in [0.25, 0.3) is 11.3 Å². The van der Waals surface area contributed by atoms with Crippen molar-refractivity contribution in [3.8, 4) is 11.3 Å². The van der Waals surface area contributed by atoms with Gasteiger partial charge in [-0.1, -0.05) is 12.1 Å². The molecule has 1 amide bonds. The van der Waals surface area contributed by atoms with E-state index in [0.717, 1.165) is 25.2 Å². The molecule has 1 aromatic carbocycles. The zero-order chi connectivity index (χ0) is 27.6. The Bertz CT molecular complexity index is 1450. The van der Waals surface area contributed by atoms with Gasteiger partial charge in [0.15, 0.2) is 11.5 Å². The second-order valence-corrected chi connectivity index (χ2v) is 12.1. The highest BCUT2D eigenvalue weighted by Gasteiger charge is 2.32. The predicted octanol–water partition coefficient (Wildman–Crippen LogP) is 2.72. The monoisotopic (exact) mass is 586 g/mol. The number of aromatic nitrogens is 3. The van der Waals surface area contributed by atoms with Crippen molar-refractivity contribution >= 4 is 39.8 Å². The summed E-state index contributed by atoms with van der Waals surface area (Å²) in [6.07, 6.45) is 7.16. The van der Waals surface area contributed by atoms with E-state index < -0.39 is 15.9 Å². The minimum absolute atomic E-state index is 0. The van der Waals surface area contributed by atoms with Gasteiger partial charge in [0, 0.05) is 44.0 Å². The minimum atomic E-state index is -3.63. The Morgan fingerprint density at radius 3 is 2.50 bits per heavy atom. The largest absolute Gasteiger partial charge is 0.382 e. The number of sulfonamides is 1. The topological polar surface area (TPSA) is 138 Å². The van der Waals surface area contributed by atoms with E-state index in [2.05, 4.69) is 30.1 Å². The van der Waals surface area contributed by atoms with Gasteiger partial charge in [0.1, 0.15) is 0 Å². The van der Waals surface area contributed by atoms with E-state index in [1.165, 1.54) is 19.0 Å². The van der Waals surface area contributed by atoms with E-state index >= 15 is 0 Å². The van der Waals surface area contributed by atoms with Crippen LogP contribution in [0, 0.1) is 0 Å². The zero-order valence-electron chi connectivity index (χ0n) is 22.7. The van der Waals surface area contributed by atoms with Crippen LogP contribution in [0.3, 0.4) is 0 Å². The highest BCUT2D eigenvalue weighted by Crippen LogP contribution is 2.26. The van der Waals surface area contributed by atoms with Gasteiger partial charge in [0.2, 0.25) is 10.0 Å². The molecule has 2 fully saturated rings. The summed E-state index contributed by atoms with van der Waals surface area (Å²) in [7, 11) is -1.64. The van der Waals surface area contributed by atoms with E-state index in [9.17, 15) is 13.2 Å². The van der Waals surface area contributed by atoms with Crippen LogP contribution in [0.15, 0.2) is 53.8 Å². The fourth-order valence-electron chi connectivity index (χ4n) is 5.15. The highest BCUT2D eigenvalue weighted by atomic mass is 35.5. The van der Waals surface area contributed by atoms with Gasteiger partial charge in [-0.2, -0.15) is 4.31 Å². The van der Waals surface area contributed by atoms with Gasteiger partial charge in [0.05, 0.1) is 28.7 Å². The second-order valence-electron chi connectivity index (χ2n) is 10.2. The Balaban J connectivity index is 0.00000370. The van der Waals surface area contributed by atoms with Crippen molar-refractivity contribution < 1.29 is 13.2 Å². The Kier molecular flexibility index (Phi) is 9.37. The quantitative estimate of drug-likeness (QED) is 0.428. The number of likely N-dealkylation sites (tertiary alicyclic amines) is 1. The summed E-state index contributed by atoms with van der Waals surface area (Å²) in [6, 6.07) is 8.25. The summed E-state index contributed by atoms with van der Waals surface area (Å²) >= 11 is 0. The molecule has 4 heterocycles. The van der Waals surface area contributed by atoms with E-state index in [-0.39, 0.29) is 34.9 Å². The summed E-state index contributed by atoms with van der Waals surface area (Å²) in [6.45, 7) is 6.52. The second kappa shape index (κ2) is 12.6. The van der Waals surface area contributed by atoms with Crippen molar-refractivity contribution in [2.45, 2.75) is 37.2 Å². The number of nitrogens with one attached hydrogen (secondary N) is 1. The normalized spacial score (nSPS) is 18.8. The van der Waals surface area contributed by atoms with Gasteiger partial charge in [0.25, 0.3) is 5.91 Å². The van der Waals surface area contributed by atoms with Crippen molar-refractivity contribution in [1.82, 2.24) is 29.1 Å². The van der Waals surface area contributed by atoms with Gasteiger partial charge in [-0.25, -0.2) is 18.4 Å². The molecule has 1 unspecified atom stereocenters. The third kappa shape index (κ3) is 6.42. The number of likely N-dealkylation sites (N-methyl/N-ethyl adjacent to an activating group) is 1. The molecule has 0 bridgehead atoms.